The van der Waals surface area contributed by atoms with Crippen LogP contribution in [-0.4, -0.2) is 21.0 Å². The molecule has 1 aromatic heterocycles. The smallest absolute Gasteiger partial charge is 0.335 e. The molecule has 1 N–H and O–H groups in total. The Bertz CT molecular complexity index is 732. The van der Waals surface area contributed by atoms with Gasteiger partial charge in [0.2, 0.25) is 11.6 Å². The van der Waals surface area contributed by atoms with Gasteiger partial charge in [-0.2, -0.15) is 0 Å². The second-order valence-electron chi connectivity index (χ2n) is 4.11. The second-order valence-corrected chi connectivity index (χ2v) is 4.11. The van der Waals surface area contributed by atoms with Crippen LogP contribution in [0.25, 0.3) is 0 Å². The van der Waals surface area contributed by atoms with Gasteiger partial charge in [0.15, 0.2) is 0 Å². The van der Waals surface area contributed by atoms with Gasteiger partial charge >= 0.3 is 11.7 Å². The van der Waals surface area contributed by atoms with Crippen molar-refractivity contribution in [3.63, 3.8) is 0 Å². The van der Waals surface area contributed by atoms with E-state index in [9.17, 15) is 19.3 Å². The van der Waals surface area contributed by atoms with Crippen LogP contribution in [0.3, 0.4) is 0 Å². The molecular formula is C13H9FN2O5. The molecule has 2 rings (SSSR count). The van der Waals surface area contributed by atoms with Gasteiger partial charge in [-0.25, -0.2) is 14.2 Å². The first-order valence-electron chi connectivity index (χ1n) is 5.70. The molecule has 21 heavy (non-hydrogen) atoms. The van der Waals surface area contributed by atoms with Crippen LogP contribution in [0, 0.1) is 22.9 Å². The summed E-state index contributed by atoms with van der Waals surface area (Å²) in [5.74, 6) is -2.31. The summed E-state index contributed by atoms with van der Waals surface area (Å²) in [7, 11) is 0. The molecule has 0 unspecified atom stereocenters. The molecular weight excluding hydrogens is 283 g/mol. The van der Waals surface area contributed by atoms with E-state index >= 15 is 0 Å². The summed E-state index contributed by atoms with van der Waals surface area (Å²) < 4.78 is 18.2. The number of nitro groups is 1. The molecule has 0 atom stereocenters. The van der Waals surface area contributed by atoms with E-state index in [1.165, 1.54) is 6.07 Å². The van der Waals surface area contributed by atoms with Crippen LogP contribution >= 0.6 is 0 Å². The monoisotopic (exact) mass is 292 g/mol. The summed E-state index contributed by atoms with van der Waals surface area (Å²) in [5.41, 5.74) is -0.271. The van der Waals surface area contributed by atoms with Gasteiger partial charge in [-0.05, 0) is 25.1 Å². The number of hydrogen-bond donors (Lipinski definition) is 1. The number of carboxylic acid groups (broad SMARTS) is 1. The molecule has 1 aromatic carbocycles. The number of aromatic carboxylic acids is 1. The molecule has 1 heterocycles. The number of benzene rings is 1. The fraction of sp³-hybridized carbons (Fsp3) is 0.0769. The summed E-state index contributed by atoms with van der Waals surface area (Å²) in [5, 5.41) is 19.8. The van der Waals surface area contributed by atoms with E-state index in [0.29, 0.717) is 11.8 Å². The van der Waals surface area contributed by atoms with E-state index in [1.54, 1.807) is 6.92 Å². The van der Waals surface area contributed by atoms with Gasteiger partial charge in [-0.1, -0.05) is 0 Å². The van der Waals surface area contributed by atoms with Crippen LogP contribution in [0.15, 0.2) is 30.3 Å². The number of rotatable bonds is 4. The fourth-order valence-electron chi connectivity index (χ4n) is 1.65. The van der Waals surface area contributed by atoms with Crippen molar-refractivity contribution < 1.29 is 24.0 Å². The standard InChI is InChI=1S/C13H9FN2O5/c1-7-4-8(13(17)18)5-12(15-7)21-11-3-2-9(14)6-10(11)16(19)20/h2-6H,1H3,(H,17,18). The van der Waals surface area contributed by atoms with Gasteiger partial charge < -0.3 is 9.84 Å². The maximum absolute atomic E-state index is 13.0. The third kappa shape index (κ3) is 3.30. The minimum atomic E-state index is -1.18. The number of pyridine rings is 1. The average Bonchev–Trinajstić information content (AvgIpc) is 2.40. The summed E-state index contributed by atoms with van der Waals surface area (Å²) >= 11 is 0. The topological polar surface area (TPSA) is 103 Å². The minimum absolute atomic E-state index is 0.0673. The van der Waals surface area contributed by atoms with E-state index in [0.717, 1.165) is 18.2 Å². The van der Waals surface area contributed by atoms with Crippen LogP contribution in [-0.2, 0) is 0 Å². The van der Waals surface area contributed by atoms with E-state index < -0.39 is 22.4 Å². The van der Waals surface area contributed by atoms with Crippen LogP contribution in [0.2, 0.25) is 0 Å². The number of hydrogen-bond acceptors (Lipinski definition) is 5. The second kappa shape index (κ2) is 5.53. The van der Waals surface area contributed by atoms with Gasteiger partial charge in [0, 0.05) is 11.8 Å². The first-order chi connectivity index (χ1) is 9.86. The van der Waals surface area contributed by atoms with Gasteiger partial charge in [0.05, 0.1) is 16.6 Å². The van der Waals surface area contributed by atoms with Gasteiger partial charge in [0.25, 0.3) is 0 Å². The minimum Gasteiger partial charge on any atom is -0.478 e. The summed E-state index contributed by atoms with van der Waals surface area (Å²) in [6.07, 6.45) is 0. The Morgan fingerprint density at radius 2 is 2.10 bits per heavy atom. The molecule has 2 aromatic rings. The normalized spacial score (nSPS) is 10.2. The number of aromatic nitrogens is 1. The highest BCUT2D eigenvalue weighted by molar-refractivity contribution is 5.88. The van der Waals surface area contributed by atoms with Gasteiger partial charge in [-0.15, -0.1) is 0 Å². The summed E-state index contributed by atoms with van der Waals surface area (Å²) in [6.45, 7) is 1.55. The zero-order chi connectivity index (χ0) is 15.6. The third-order valence-corrected chi connectivity index (χ3v) is 2.51. The molecule has 7 nitrogen and oxygen atoms in total. The highest BCUT2D eigenvalue weighted by atomic mass is 19.1. The number of aryl methyl sites for hydroxylation is 1. The summed E-state index contributed by atoms with van der Waals surface area (Å²) in [4.78, 5) is 24.9. The highest BCUT2D eigenvalue weighted by Gasteiger charge is 2.18. The summed E-state index contributed by atoms with van der Waals surface area (Å²) in [6, 6.07) is 5.24. The number of nitro benzene ring substituents is 1. The van der Waals surface area contributed by atoms with Crippen molar-refractivity contribution in [3.8, 4) is 11.6 Å². The SMILES string of the molecule is Cc1cc(C(=O)O)cc(Oc2ccc(F)cc2[N+](=O)[O-])n1. The Labute approximate surface area is 117 Å². The lowest BCUT2D eigenvalue weighted by Gasteiger charge is -2.07. The Hall–Kier alpha value is -3.03. The number of carbonyl (C=O) groups is 1. The lowest BCUT2D eigenvalue weighted by molar-refractivity contribution is -0.385. The first kappa shape index (κ1) is 14.4. The predicted octanol–water partition coefficient (Wildman–Crippen LogP) is 2.93. The Kier molecular flexibility index (Phi) is 3.79. The van der Waals surface area contributed by atoms with Crippen molar-refractivity contribution in [2.75, 3.05) is 0 Å². The lowest BCUT2D eigenvalue weighted by Crippen LogP contribution is -2.01. The molecule has 0 amide bonds. The quantitative estimate of drug-likeness (QED) is 0.686. The number of carboxylic acids is 1. The van der Waals surface area contributed by atoms with Crippen LogP contribution < -0.4 is 4.74 Å². The van der Waals surface area contributed by atoms with Crippen LogP contribution in [0.4, 0.5) is 10.1 Å². The molecule has 108 valence electrons. The molecule has 0 bridgehead atoms. The van der Waals surface area contributed by atoms with Gasteiger partial charge in [0.1, 0.15) is 5.82 Å². The maximum Gasteiger partial charge on any atom is 0.335 e. The zero-order valence-corrected chi connectivity index (χ0v) is 10.7. The highest BCUT2D eigenvalue weighted by Crippen LogP contribution is 2.31. The van der Waals surface area contributed by atoms with Crippen molar-refractivity contribution in [1.82, 2.24) is 4.98 Å². The molecule has 0 aliphatic carbocycles. The van der Waals surface area contributed by atoms with Crippen molar-refractivity contribution in [1.29, 1.82) is 0 Å². The lowest BCUT2D eigenvalue weighted by atomic mass is 10.2. The molecule has 0 spiro atoms. The maximum atomic E-state index is 13.0. The molecule has 0 aliphatic heterocycles. The van der Waals surface area contributed by atoms with Crippen LogP contribution in [0.1, 0.15) is 16.1 Å². The molecule has 8 heteroatoms. The van der Waals surface area contributed by atoms with Gasteiger partial charge in [-0.3, -0.25) is 10.1 Å². The zero-order valence-electron chi connectivity index (χ0n) is 10.7. The molecule has 0 fully saturated rings. The number of halogens is 1. The first-order valence-corrected chi connectivity index (χ1v) is 5.70. The third-order valence-electron chi connectivity index (χ3n) is 2.51. The van der Waals surface area contributed by atoms with E-state index in [1.807, 2.05) is 0 Å². The Morgan fingerprint density at radius 1 is 1.38 bits per heavy atom. The molecule has 0 saturated carbocycles. The Balaban J connectivity index is 2.43. The van der Waals surface area contributed by atoms with Crippen molar-refractivity contribution >= 4 is 11.7 Å². The molecule has 0 radical (unpaired) electrons. The predicted molar refractivity (Wildman–Crippen MR) is 69.1 cm³/mol. The van der Waals surface area contributed by atoms with E-state index in [4.69, 9.17) is 9.84 Å². The number of nitrogens with zero attached hydrogens (tertiary/aromatic N) is 2. The fourth-order valence-corrected chi connectivity index (χ4v) is 1.65. The molecule has 0 aliphatic rings. The largest absolute Gasteiger partial charge is 0.478 e. The Morgan fingerprint density at radius 3 is 2.71 bits per heavy atom. The average molecular weight is 292 g/mol. The van der Waals surface area contributed by atoms with E-state index in [2.05, 4.69) is 4.98 Å². The molecule has 0 saturated heterocycles. The number of ether oxygens (including phenoxy) is 1. The van der Waals surface area contributed by atoms with Crippen molar-refractivity contribution in [2.24, 2.45) is 0 Å². The van der Waals surface area contributed by atoms with Crippen LogP contribution in [0.5, 0.6) is 11.6 Å². The van der Waals surface area contributed by atoms with Crippen molar-refractivity contribution in [2.45, 2.75) is 6.92 Å². The van der Waals surface area contributed by atoms with Crippen molar-refractivity contribution in [3.05, 3.63) is 57.5 Å². The van der Waals surface area contributed by atoms with E-state index in [-0.39, 0.29) is 17.2 Å².